The maximum Gasteiger partial charge on any atom is 0.323 e. The number of nitrogens with one attached hydrogen (secondary N) is 4. The maximum absolute atomic E-state index is 12.2. The summed E-state index contributed by atoms with van der Waals surface area (Å²) in [4.78, 5) is 28.8. The molecule has 0 aliphatic rings. The zero-order valence-corrected chi connectivity index (χ0v) is 13.0. The highest BCUT2D eigenvalue weighted by Crippen LogP contribution is 2.22. The molecule has 0 fully saturated rings. The third-order valence-corrected chi connectivity index (χ3v) is 4.14. The van der Waals surface area contributed by atoms with Crippen molar-refractivity contribution < 1.29 is 4.79 Å². The maximum atomic E-state index is 12.2. The molecule has 2 heterocycles. The van der Waals surface area contributed by atoms with Crippen molar-refractivity contribution >= 4 is 39.0 Å². The Morgan fingerprint density at radius 3 is 2.87 bits per heavy atom. The number of aromatic nitrogens is 2. The number of hydrogen-bond acceptors (Lipinski definition) is 5. The van der Waals surface area contributed by atoms with Crippen molar-refractivity contribution in [3.63, 3.8) is 0 Å². The lowest BCUT2D eigenvalue weighted by atomic mass is 10.2. The minimum Gasteiger partial charge on any atom is -0.374 e. The van der Waals surface area contributed by atoms with Crippen LogP contribution in [0.3, 0.4) is 0 Å². The fourth-order valence-corrected chi connectivity index (χ4v) is 2.89. The summed E-state index contributed by atoms with van der Waals surface area (Å²) in [5.41, 5.74) is 2.25. The van der Waals surface area contributed by atoms with Gasteiger partial charge in [-0.2, -0.15) is 5.26 Å². The first kappa shape index (κ1) is 14.9. The molecule has 0 aliphatic carbocycles. The molecule has 0 saturated heterocycles. The van der Waals surface area contributed by atoms with Crippen LogP contribution >= 0.6 is 11.3 Å². The minimum absolute atomic E-state index is 0.244. The van der Waals surface area contributed by atoms with Crippen LogP contribution < -0.4 is 16.3 Å². The molecule has 0 radical (unpaired) electrons. The molecular formula is C15H13N5O2S. The molecular weight excluding hydrogens is 314 g/mol. The third-order valence-electron chi connectivity index (χ3n) is 3.31. The van der Waals surface area contributed by atoms with Crippen molar-refractivity contribution in [2.24, 2.45) is 0 Å². The summed E-state index contributed by atoms with van der Waals surface area (Å²) in [7, 11) is 0. The van der Waals surface area contributed by atoms with Crippen LogP contribution in [0.5, 0.6) is 0 Å². The normalized spacial score (nSPS) is 11.8. The Morgan fingerprint density at radius 2 is 2.09 bits per heavy atom. The standard InChI is InChI=1S/C15H13N5O2S/c1-8(13(21)20-14-9(7-16)4-5-23-14)17-10-2-3-11-12(6-10)19-15(22)18-11/h2-6,8,17H,1H3,(H,20,21)(H2,18,19,22)/t8-/m1/s1. The van der Waals surface area contributed by atoms with Gasteiger partial charge >= 0.3 is 5.69 Å². The number of hydrogen-bond donors (Lipinski definition) is 4. The van der Waals surface area contributed by atoms with Gasteiger partial charge in [-0.1, -0.05) is 0 Å². The van der Waals surface area contributed by atoms with Gasteiger partial charge in [0.2, 0.25) is 5.91 Å². The number of benzene rings is 1. The average Bonchev–Trinajstić information content (AvgIpc) is 3.11. The lowest BCUT2D eigenvalue weighted by Gasteiger charge is -2.14. The molecule has 2 aromatic heterocycles. The fraction of sp³-hybridized carbons (Fsp3) is 0.133. The zero-order valence-electron chi connectivity index (χ0n) is 12.1. The van der Waals surface area contributed by atoms with Gasteiger partial charge in [0, 0.05) is 5.69 Å². The summed E-state index contributed by atoms with van der Waals surface area (Å²) in [5.74, 6) is -0.244. The monoisotopic (exact) mass is 327 g/mol. The number of imidazole rings is 1. The Kier molecular flexibility index (Phi) is 3.87. The van der Waals surface area contributed by atoms with Crippen LogP contribution in [0, 0.1) is 11.3 Å². The Labute approximate surface area is 135 Å². The molecule has 3 aromatic rings. The van der Waals surface area contributed by atoms with Gasteiger partial charge in [0.1, 0.15) is 17.1 Å². The van der Waals surface area contributed by atoms with Gasteiger partial charge in [-0.15, -0.1) is 11.3 Å². The van der Waals surface area contributed by atoms with E-state index < -0.39 is 6.04 Å². The smallest absolute Gasteiger partial charge is 0.323 e. The van der Waals surface area contributed by atoms with Crippen LogP contribution in [0.2, 0.25) is 0 Å². The van der Waals surface area contributed by atoms with Crippen LogP contribution in [-0.4, -0.2) is 21.9 Å². The Hall–Kier alpha value is -3.05. The summed E-state index contributed by atoms with van der Waals surface area (Å²) in [6, 6.07) is 8.47. The molecule has 0 saturated carbocycles. The second-order valence-corrected chi connectivity index (χ2v) is 5.89. The van der Waals surface area contributed by atoms with E-state index >= 15 is 0 Å². The van der Waals surface area contributed by atoms with E-state index in [1.807, 2.05) is 6.07 Å². The topological polar surface area (TPSA) is 114 Å². The number of aromatic amines is 2. The van der Waals surface area contributed by atoms with E-state index in [1.165, 1.54) is 11.3 Å². The molecule has 0 spiro atoms. The lowest BCUT2D eigenvalue weighted by Crippen LogP contribution is -2.31. The SMILES string of the molecule is C[C@@H](Nc1ccc2[nH]c(=O)[nH]c2c1)C(=O)Nc1sccc1C#N. The number of thiophene rings is 1. The largest absolute Gasteiger partial charge is 0.374 e. The van der Waals surface area contributed by atoms with Crippen LogP contribution in [-0.2, 0) is 4.79 Å². The summed E-state index contributed by atoms with van der Waals surface area (Å²) in [5, 5.41) is 17.0. The van der Waals surface area contributed by atoms with E-state index in [9.17, 15) is 9.59 Å². The number of amides is 1. The fourth-order valence-electron chi connectivity index (χ4n) is 2.15. The number of fused-ring (bicyclic) bond motifs is 1. The first-order chi connectivity index (χ1) is 11.1. The van der Waals surface area contributed by atoms with E-state index in [0.717, 1.165) is 0 Å². The highest BCUT2D eigenvalue weighted by Gasteiger charge is 2.15. The van der Waals surface area contributed by atoms with Crippen molar-refractivity contribution in [2.45, 2.75) is 13.0 Å². The lowest BCUT2D eigenvalue weighted by molar-refractivity contribution is -0.116. The van der Waals surface area contributed by atoms with Gasteiger partial charge in [-0.25, -0.2) is 4.79 Å². The van der Waals surface area contributed by atoms with Crippen LogP contribution in [0.4, 0.5) is 10.7 Å². The molecule has 0 unspecified atom stereocenters. The minimum atomic E-state index is -0.508. The molecule has 8 heteroatoms. The van der Waals surface area contributed by atoms with E-state index in [2.05, 4.69) is 20.6 Å². The number of carbonyl (C=O) groups excluding carboxylic acids is 1. The average molecular weight is 327 g/mol. The van der Waals surface area contributed by atoms with Crippen molar-refractivity contribution in [3.8, 4) is 6.07 Å². The number of rotatable bonds is 4. The van der Waals surface area contributed by atoms with Crippen molar-refractivity contribution in [1.29, 1.82) is 5.26 Å². The van der Waals surface area contributed by atoms with Gasteiger partial charge in [0.25, 0.3) is 0 Å². The second-order valence-electron chi connectivity index (χ2n) is 4.97. The molecule has 1 atom stereocenters. The molecule has 23 heavy (non-hydrogen) atoms. The molecule has 0 aliphatic heterocycles. The Bertz CT molecular complexity index is 962. The number of anilines is 2. The second kappa shape index (κ2) is 5.98. The molecule has 3 rings (SSSR count). The number of carbonyl (C=O) groups is 1. The number of nitriles is 1. The van der Waals surface area contributed by atoms with E-state index in [-0.39, 0.29) is 11.6 Å². The zero-order chi connectivity index (χ0) is 16.4. The van der Waals surface area contributed by atoms with Crippen LogP contribution in [0.1, 0.15) is 12.5 Å². The third kappa shape index (κ3) is 3.09. The van der Waals surface area contributed by atoms with Gasteiger partial charge < -0.3 is 20.6 Å². The molecule has 1 aromatic carbocycles. The van der Waals surface area contributed by atoms with Crippen molar-refractivity contribution in [3.05, 3.63) is 45.7 Å². The first-order valence-corrected chi connectivity index (χ1v) is 7.72. The van der Waals surface area contributed by atoms with Crippen LogP contribution in [0.25, 0.3) is 11.0 Å². The van der Waals surface area contributed by atoms with E-state index in [1.54, 1.807) is 36.6 Å². The Morgan fingerprint density at radius 1 is 1.30 bits per heavy atom. The van der Waals surface area contributed by atoms with E-state index in [4.69, 9.17) is 5.26 Å². The van der Waals surface area contributed by atoms with Crippen molar-refractivity contribution in [1.82, 2.24) is 9.97 Å². The van der Waals surface area contributed by atoms with Gasteiger partial charge in [-0.05, 0) is 36.6 Å². The first-order valence-electron chi connectivity index (χ1n) is 6.84. The van der Waals surface area contributed by atoms with Gasteiger partial charge in [0.15, 0.2) is 0 Å². The number of H-pyrrole nitrogens is 2. The number of nitrogens with zero attached hydrogens (tertiary/aromatic N) is 1. The molecule has 4 N–H and O–H groups in total. The molecule has 0 bridgehead atoms. The summed E-state index contributed by atoms with van der Waals surface area (Å²) in [6.07, 6.45) is 0. The van der Waals surface area contributed by atoms with E-state index in [0.29, 0.717) is 27.3 Å². The Balaban J connectivity index is 1.72. The predicted molar refractivity (Wildman–Crippen MR) is 89.7 cm³/mol. The van der Waals surface area contributed by atoms with Gasteiger partial charge in [-0.3, -0.25) is 4.79 Å². The quantitative estimate of drug-likeness (QED) is 0.588. The molecule has 7 nitrogen and oxygen atoms in total. The summed E-state index contributed by atoms with van der Waals surface area (Å²) >= 11 is 1.30. The van der Waals surface area contributed by atoms with Crippen molar-refractivity contribution in [2.75, 3.05) is 10.6 Å². The highest BCUT2D eigenvalue weighted by molar-refractivity contribution is 7.14. The predicted octanol–water partition coefficient (Wildman–Crippen LogP) is 2.23. The van der Waals surface area contributed by atoms with Crippen LogP contribution in [0.15, 0.2) is 34.4 Å². The molecule has 1 amide bonds. The summed E-state index contributed by atoms with van der Waals surface area (Å²) < 4.78 is 0. The van der Waals surface area contributed by atoms with Gasteiger partial charge in [0.05, 0.1) is 16.6 Å². The highest BCUT2D eigenvalue weighted by atomic mass is 32.1. The molecule has 116 valence electrons. The summed E-state index contributed by atoms with van der Waals surface area (Å²) in [6.45, 7) is 1.72.